The Balaban J connectivity index is 2.33. The zero-order chi connectivity index (χ0) is 28.1. The topological polar surface area (TPSA) is 77.8 Å². The number of hydrogen-bond donors (Lipinski definition) is 2. The molecule has 1 aliphatic heterocycles. The molecule has 3 rings (SSSR count). The number of hydrogen-bond acceptors (Lipinski definition) is 2. The third-order valence-corrected chi connectivity index (χ3v) is 6.22. The first-order valence-corrected chi connectivity index (χ1v) is 10.6. The quantitative estimate of drug-likeness (QED) is 0.395. The molecule has 3 unspecified atom stereocenters. The Bertz CT molecular complexity index is 1170. The zero-order valence-corrected chi connectivity index (χ0v) is 18.7. The Morgan fingerprint density at radius 3 is 1.78 bits per heavy atom. The molecule has 0 saturated carbocycles. The summed E-state index contributed by atoms with van der Waals surface area (Å²) in [6.07, 6.45) is -17.5. The summed E-state index contributed by atoms with van der Waals surface area (Å²) in [5.74, 6) is -5.63. The molecule has 0 spiro atoms. The number of aliphatic carboxylic acids is 1. The van der Waals surface area contributed by atoms with E-state index in [4.69, 9.17) is 0 Å². The van der Waals surface area contributed by atoms with Gasteiger partial charge in [-0.15, -0.1) is 0 Å². The van der Waals surface area contributed by atoms with Crippen LogP contribution in [0.2, 0.25) is 0 Å². The van der Waals surface area contributed by atoms with Gasteiger partial charge in [-0.2, -0.15) is 39.5 Å². The third-order valence-electron chi connectivity index (χ3n) is 6.22. The Morgan fingerprint density at radius 1 is 0.865 bits per heavy atom. The van der Waals surface area contributed by atoms with Crippen LogP contribution in [0.15, 0.2) is 36.4 Å². The molecule has 0 fully saturated rings. The highest BCUT2D eigenvalue weighted by Crippen LogP contribution is 2.49. The zero-order valence-electron chi connectivity index (χ0n) is 18.7. The van der Waals surface area contributed by atoms with E-state index < -0.39 is 82.7 Å². The lowest BCUT2D eigenvalue weighted by molar-refractivity contribution is -0.144. The van der Waals surface area contributed by atoms with E-state index in [1.165, 1.54) is 6.92 Å². The number of nitrogens with zero attached hydrogens (tertiary/aromatic N) is 1. The molecule has 3 atom stereocenters. The average Bonchev–Trinajstić information content (AvgIpc) is 2.76. The molecule has 14 heteroatoms. The van der Waals surface area contributed by atoms with Gasteiger partial charge >= 0.3 is 30.6 Å². The summed E-state index contributed by atoms with van der Waals surface area (Å²) in [6.45, 7) is 1.49. The van der Waals surface area contributed by atoms with E-state index in [2.05, 4.69) is 0 Å². The maximum Gasteiger partial charge on any atom is 0.416 e. The molecular formula is C23H18F9NO4. The number of carbonyl (C=O) groups is 2. The van der Waals surface area contributed by atoms with E-state index in [1.807, 2.05) is 0 Å². The highest BCUT2D eigenvalue weighted by Gasteiger charge is 2.45. The number of carboxylic acids is 1. The summed E-state index contributed by atoms with van der Waals surface area (Å²) in [6, 6.07) is 1.06. The van der Waals surface area contributed by atoms with Crippen molar-refractivity contribution in [2.75, 3.05) is 4.90 Å². The van der Waals surface area contributed by atoms with Crippen molar-refractivity contribution in [2.45, 2.75) is 56.2 Å². The van der Waals surface area contributed by atoms with Gasteiger partial charge in [-0.3, -0.25) is 9.69 Å². The Labute approximate surface area is 203 Å². The lowest BCUT2D eigenvalue weighted by Gasteiger charge is -2.41. The van der Waals surface area contributed by atoms with Crippen LogP contribution in [0.3, 0.4) is 0 Å². The second-order valence-corrected chi connectivity index (χ2v) is 8.48. The van der Waals surface area contributed by atoms with Gasteiger partial charge in [-0.05, 0) is 60.4 Å². The van der Waals surface area contributed by atoms with Crippen molar-refractivity contribution < 1.29 is 59.3 Å². The SMILES string of the molecule is CCC1CC(C(C(=O)O)c2cc(C(F)(F)F)cc(C(F)(F)F)c2)c2cc(C(F)(F)F)ccc2N1C(=O)O. The molecule has 0 radical (unpaired) electrons. The van der Waals surface area contributed by atoms with E-state index in [0.29, 0.717) is 12.1 Å². The van der Waals surface area contributed by atoms with Crippen LogP contribution in [-0.2, 0) is 23.3 Å². The number of benzene rings is 2. The summed E-state index contributed by atoms with van der Waals surface area (Å²) in [5, 5.41) is 19.6. The molecule has 0 aromatic heterocycles. The Hall–Kier alpha value is -3.45. The van der Waals surface area contributed by atoms with Gasteiger partial charge in [0, 0.05) is 12.0 Å². The summed E-state index contributed by atoms with van der Waals surface area (Å²) in [4.78, 5) is 24.9. The highest BCUT2D eigenvalue weighted by atomic mass is 19.4. The molecule has 1 heterocycles. The maximum atomic E-state index is 13.4. The molecule has 1 aliphatic rings. The van der Waals surface area contributed by atoms with Gasteiger partial charge in [0.05, 0.1) is 28.3 Å². The fourth-order valence-corrected chi connectivity index (χ4v) is 4.60. The van der Waals surface area contributed by atoms with Crippen molar-refractivity contribution in [3.63, 3.8) is 0 Å². The number of fused-ring (bicyclic) bond motifs is 1. The van der Waals surface area contributed by atoms with Crippen LogP contribution >= 0.6 is 0 Å². The van der Waals surface area contributed by atoms with Gasteiger partial charge in [0.1, 0.15) is 0 Å². The maximum absolute atomic E-state index is 13.4. The molecule has 202 valence electrons. The number of anilines is 1. The smallest absolute Gasteiger partial charge is 0.416 e. The van der Waals surface area contributed by atoms with Crippen molar-refractivity contribution in [2.24, 2.45) is 0 Å². The molecule has 2 aromatic carbocycles. The van der Waals surface area contributed by atoms with Crippen molar-refractivity contribution in [1.82, 2.24) is 0 Å². The van der Waals surface area contributed by atoms with Gasteiger partial charge in [0.25, 0.3) is 0 Å². The second kappa shape index (κ2) is 9.45. The van der Waals surface area contributed by atoms with Gasteiger partial charge in [0.15, 0.2) is 0 Å². The fraction of sp³-hybridized carbons (Fsp3) is 0.391. The first-order valence-electron chi connectivity index (χ1n) is 10.6. The lowest BCUT2D eigenvalue weighted by Crippen LogP contribution is -2.45. The Morgan fingerprint density at radius 2 is 1.38 bits per heavy atom. The van der Waals surface area contributed by atoms with Crippen LogP contribution in [0.4, 0.5) is 50.0 Å². The molecule has 2 aromatic rings. The molecule has 37 heavy (non-hydrogen) atoms. The van der Waals surface area contributed by atoms with Crippen molar-refractivity contribution in [3.8, 4) is 0 Å². The van der Waals surface area contributed by atoms with Crippen molar-refractivity contribution in [1.29, 1.82) is 0 Å². The molecule has 2 N–H and O–H groups in total. The largest absolute Gasteiger partial charge is 0.481 e. The number of halogens is 9. The second-order valence-electron chi connectivity index (χ2n) is 8.48. The van der Waals surface area contributed by atoms with Crippen LogP contribution in [0, 0.1) is 0 Å². The van der Waals surface area contributed by atoms with Gasteiger partial charge < -0.3 is 10.2 Å². The summed E-state index contributed by atoms with van der Waals surface area (Å²) in [7, 11) is 0. The van der Waals surface area contributed by atoms with E-state index in [-0.39, 0.29) is 30.3 Å². The van der Waals surface area contributed by atoms with E-state index in [1.54, 1.807) is 0 Å². The molecule has 0 aliphatic carbocycles. The number of rotatable bonds is 4. The molecule has 5 nitrogen and oxygen atoms in total. The standard InChI is InChI=1S/C23H18F9NO4/c1-2-14-9-16(15-8-11(21(24,25)26)3-4-17(15)33(14)20(36)37)18(19(34)35)10-5-12(22(27,28)29)7-13(6-10)23(30,31)32/h3-8,14,16,18H,2,9H2,1H3,(H,34,35)(H,36,37). The van der Waals surface area contributed by atoms with Gasteiger partial charge in [-0.1, -0.05) is 6.92 Å². The van der Waals surface area contributed by atoms with Crippen molar-refractivity contribution in [3.05, 3.63) is 64.2 Å². The van der Waals surface area contributed by atoms with Crippen LogP contribution in [0.25, 0.3) is 0 Å². The number of amides is 1. The minimum atomic E-state index is -5.29. The summed E-state index contributed by atoms with van der Waals surface area (Å²) in [5.41, 5.74) is -6.61. The first-order chi connectivity index (χ1) is 16.9. The van der Waals surface area contributed by atoms with Crippen LogP contribution < -0.4 is 4.90 Å². The molecule has 0 bridgehead atoms. The predicted molar refractivity (Wildman–Crippen MR) is 110 cm³/mol. The van der Waals surface area contributed by atoms with Crippen LogP contribution in [0.5, 0.6) is 0 Å². The van der Waals surface area contributed by atoms with Crippen molar-refractivity contribution >= 4 is 17.7 Å². The van der Waals surface area contributed by atoms with Gasteiger partial charge in [-0.25, -0.2) is 4.79 Å². The van der Waals surface area contributed by atoms with Crippen LogP contribution in [0.1, 0.15) is 59.4 Å². The Kier molecular flexibility index (Phi) is 7.18. The van der Waals surface area contributed by atoms with E-state index >= 15 is 0 Å². The summed E-state index contributed by atoms with van der Waals surface area (Å²) >= 11 is 0. The van der Waals surface area contributed by atoms with Gasteiger partial charge in [0.2, 0.25) is 0 Å². The first kappa shape index (κ1) is 28.1. The monoisotopic (exact) mass is 543 g/mol. The fourth-order valence-electron chi connectivity index (χ4n) is 4.60. The third kappa shape index (κ3) is 5.62. The highest BCUT2D eigenvalue weighted by molar-refractivity contribution is 5.90. The number of carboxylic acid groups (broad SMARTS) is 2. The minimum Gasteiger partial charge on any atom is -0.481 e. The molecule has 0 saturated heterocycles. The minimum absolute atomic E-state index is 0.0337. The van der Waals surface area contributed by atoms with E-state index in [9.17, 15) is 59.3 Å². The predicted octanol–water partition coefficient (Wildman–Crippen LogP) is 7.36. The number of alkyl halides is 9. The molecule has 1 amide bonds. The average molecular weight is 543 g/mol. The normalized spacial score (nSPS) is 19.4. The molecular weight excluding hydrogens is 525 g/mol. The van der Waals surface area contributed by atoms with Crippen LogP contribution in [-0.4, -0.2) is 28.3 Å². The lowest BCUT2D eigenvalue weighted by atomic mass is 9.73. The van der Waals surface area contributed by atoms with E-state index in [0.717, 1.165) is 11.0 Å². The summed E-state index contributed by atoms with van der Waals surface area (Å²) < 4.78 is 121.